The molecule has 0 heterocycles. The van der Waals surface area contributed by atoms with Crippen molar-refractivity contribution in [2.75, 3.05) is 54.9 Å². The number of carbonyl (C=O) groups is 1. The number of hydrogen-bond acceptors (Lipinski definition) is 7. The molecule has 0 aliphatic carbocycles. The molecule has 0 saturated heterocycles. The zero-order chi connectivity index (χ0) is 21.1. The van der Waals surface area contributed by atoms with Crippen LogP contribution in [0.15, 0.2) is 36.4 Å². The summed E-state index contributed by atoms with van der Waals surface area (Å²) in [6.45, 7) is 1.70. The summed E-state index contributed by atoms with van der Waals surface area (Å²) < 4.78 is 32.2. The van der Waals surface area contributed by atoms with Gasteiger partial charge in [-0.3, -0.25) is 4.79 Å². The second-order valence-electron chi connectivity index (χ2n) is 5.83. The Bertz CT molecular complexity index is 772. The summed E-state index contributed by atoms with van der Waals surface area (Å²) in [5.74, 6) is 2.18. The van der Waals surface area contributed by atoms with Crippen molar-refractivity contribution in [3.8, 4) is 23.0 Å². The molecule has 2 aromatic carbocycles. The second-order valence-corrected chi connectivity index (χ2v) is 7.07. The van der Waals surface area contributed by atoms with Crippen molar-refractivity contribution in [3.05, 3.63) is 42.0 Å². The standard InChI is InChI=1S/C21H27O7P/c1-23-10-12-27-15-8-9-19(18(14-15)28-13-11-24-2)29-21(22)20-16(25-3)6-5-7-17(20)26-4/h5-9,14,29H,10-13H2,1-4H3. The van der Waals surface area contributed by atoms with Crippen LogP contribution in [0.2, 0.25) is 0 Å². The zero-order valence-corrected chi connectivity index (χ0v) is 18.2. The Morgan fingerprint density at radius 1 is 0.793 bits per heavy atom. The van der Waals surface area contributed by atoms with Gasteiger partial charge in [-0.15, -0.1) is 0 Å². The lowest BCUT2D eigenvalue weighted by Crippen LogP contribution is -2.13. The first kappa shape index (κ1) is 22.9. The first-order valence-corrected chi connectivity index (χ1v) is 10.0. The summed E-state index contributed by atoms with van der Waals surface area (Å²) in [5.41, 5.74) is 0.308. The molecule has 0 aliphatic rings. The van der Waals surface area contributed by atoms with E-state index < -0.39 is 0 Å². The Hall–Kier alpha value is -2.34. The maximum absolute atomic E-state index is 13.1. The molecule has 1 atom stereocenters. The molecule has 2 aromatic rings. The van der Waals surface area contributed by atoms with Gasteiger partial charge in [-0.2, -0.15) is 0 Å². The fourth-order valence-electron chi connectivity index (χ4n) is 2.55. The van der Waals surface area contributed by atoms with E-state index in [2.05, 4.69) is 0 Å². The van der Waals surface area contributed by atoms with Crippen LogP contribution >= 0.6 is 8.58 Å². The minimum atomic E-state index is -0.181. The van der Waals surface area contributed by atoms with Crippen molar-refractivity contribution in [2.45, 2.75) is 0 Å². The third-order valence-corrected chi connectivity index (χ3v) is 5.12. The van der Waals surface area contributed by atoms with E-state index in [0.29, 0.717) is 55.0 Å². The predicted octanol–water partition coefficient (Wildman–Crippen LogP) is 2.90. The van der Waals surface area contributed by atoms with Crippen LogP contribution in [0.1, 0.15) is 10.4 Å². The molecule has 0 bridgehead atoms. The quantitative estimate of drug-likeness (QED) is 0.363. The monoisotopic (exact) mass is 422 g/mol. The molecule has 0 aromatic heterocycles. The molecule has 0 spiro atoms. The Morgan fingerprint density at radius 3 is 2.00 bits per heavy atom. The summed E-state index contributed by atoms with van der Waals surface area (Å²) in [4.78, 5) is 13.1. The summed E-state index contributed by atoms with van der Waals surface area (Å²) in [5, 5.41) is 0.762. The molecule has 0 aliphatic heterocycles. The Kier molecular flexibility index (Phi) is 9.71. The number of carbonyl (C=O) groups excluding carboxylic acids is 1. The van der Waals surface area contributed by atoms with Crippen LogP contribution in [-0.2, 0) is 9.47 Å². The number of hydrogen-bond donors (Lipinski definition) is 0. The van der Waals surface area contributed by atoms with Gasteiger partial charge in [0.2, 0.25) is 0 Å². The first-order chi connectivity index (χ1) is 14.1. The molecule has 2 rings (SSSR count). The van der Waals surface area contributed by atoms with Crippen LogP contribution < -0.4 is 24.3 Å². The molecule has 0 fully saturated rings. The van der Waals surface area contributed by atoms with Gasteiger partial charge in [0.25, 0.3) is 0 Å². The molecule has 29 heavy (non-hydrogen) atoms. The molecule has 7 nitrogen and oxygen atoms in total. The Balaban J connectivity index is 2.27. The largest absolute Gasteiger partial charge is 0.496 e. The lowest BCUT2D eigenvalue weighted by molar-refractivity contribution is 0.108. The van der Waals surface area contributed by atoms with Gasteiger partial charge >= 0.3 is 0 Å². The van der Waals surface area contributed by atoms with Gasteiger partial charge in [0.1, 0.15) is 41.8 Å². The van der Waals surface area contributed by atoms with Gasteiger partial charge in [-0.25, -0.2) is 0 Å². The number of benzene rings is 2. The summed E-state index contributed by atoms with van der Waals surface area (Å²) in [6, 6.07) is 10.7. The van der Waals surface area contributed by atoms with E-state index in [1.807, 2.05) is 12.1 Å². The molecular formula is C21H27O7P. The van der Waals surface area contributed by atoms with Gasteiger partial charge in [0.15, 0.2) is 5.52 Å². The molecule has 0 radical (unpaired) electrons. The van der Waals surface area contributed by atoms with Crippen LogP contribution in [0, 0.1) is 0 Å². The number of rotatable bonds is 13. The molecular weight excluding hydrogens is 395 g/mol. The van der Waals surface area contributed by atoms with Gasteiger partial charge in [-0.05, 0) is 32.8 Å². The van der Waals surface area contributed by atoms with E-state index in [1.54, 1.807) is 38.5 Å². The fraction of sp³-hybridized carbons (Fsp3) is 0.381. The number of ether oxygens (including phenoxy) is 6. The van der Waals surface area contributed by atoms with Crippen LogP contribution in [0.25, 0.3) is 0 Å². The lowest BCUT2D eigenvalue weighted by Gasteiger charge is -2.15. The average molecular weight is 422 g/mol. The second kappa shape index (κ2) is 12.3. The minimum absolute atomic E-state index is 0.107. The summed E-state index contributed by atoms with van der Waals surface area (Å²) in [6.07, 6.45) is 0. The molecule has 158 valence electrons. The normalized spacial score (nSPS) is 10.9. The number of methoxy groups -OCH3 is 4. The zero-order valence-electron chi connectivity index (χ0n) is 17.2. The van der Waals surface area contributed by atoms with E-state index >= 15 is 0 Å². The molecule has 0 N–H and O–H groups in total. The SMILES string of the molecule is COCCOc1ccc(PC(=O)c2c(OC)cccc2OC)c(OCCOC)c1. The van der Waals surface area contributed by atoms with Gasteiger partial charge in [0.05, 0.1) is 27.4 Å². The van der Waals surface area contributed by atoms with Gasteiger partial charge < -0.3 is 28.4 Å². The average Bonchev–Trinajstić information content (AvgIpc) is 2.74. The molecule has 8 heteroatoms. The van der Waals surface area contributed by atoms with E-state index in [1.165, 1.54) is 14.2 Å². The fourth-order valence-corrected chi connectivity index (χ4v) is 3.60. The van der Waals surface area contributed by atoms with Crippen molar-refractivity contribution in [3.63, 3.8) is 0 Å². The first-order valence-electron chi connectivity index (χ1n) is 9.04. The lowest BCUT2D eigenvalue weighted by atomic mass is 10.2. The van der Waals surface area contributed by atoms with Crippen molar-refractivity contribution in [1.29, 1.82) is 0 Å². The van der Waals surface area contributed by atoms with E-state index in [4.69, 9.17) is 28.4 Å². The van der Waals surface area contributed by atoms with E-state index in [0.717, 1.165) is 5.30 Å². The smallest absolute Gasteiger partial charge is 0.193 e. The van der Waals surface area contributed by atoms with Crippen molar-refractivity contribution in [1.82, 2.24) is 0 Å². The molecule has 0 saturated carbocycles. The highest BCUT2D eigenvalue weighted by Gasteiger charge is 2.20. The van der Waals surface area contributed by atoms with E-state index in [-0.39, 0.29) is 14.1 Å². The highest BCUT2D eigenvalue weighted by molar-refractivity contribution is 7.66. The summed E-state index contributed by atoms with van der Waals surface area (Å²) >= 11 is 0. The highest BCUT2D eigenvalue weighted by atomic mass is 31.1. The van der Waals surface area contributed by atoms with Crippen LogP contribution in [0.5, 0.6) is 23.0 Å². The van der Waals surface area contributed by atoms with Crippen LogP contribution in [0.4, 0.5) is 0 Å². The maximum Gasteiger partial charge on any atom is 0.193 e. The van der Waals surface area contributed by atoms with Crippen LogP contribution in [-0.4, -0.2) is 60.4 Å². The maximum atomic E-state index is 13.1. The highest BCUT2D eigenvalue weighted by Crippen LogP contribution is 2.35. The van der Waals surface area contributed by atoms with Crippen molar-refractivity contribution in [2.24, 2.45) is 0 Å². The third-order valence-electron chi connectivity index (χ3n) is 3.96. The molecule has 0 amide bonds. The predicted molar refractivity (Wildman–Crippen MR) is 113 cm³/mol. The van der Waals surface area contributed by atoms with E-state index in [9.17, 15) is 4.79 Å². The topological polar surface area (TPSA) is 72.5 Å². The van der Waals surface area contributed by atoms with Crippen LogP contribution in [0.3, 0.4) is 0 Å². The van der Waals surface area contributed by atoms with Gasteiger partial charge in [-0.1, -0.05) is 6.07 Å². The Labute approximate surface area is 173 Å². The van der Waals surface area contributed by atoms with Gasteiger partial charge in [0, 0.05) is 25.6 Å². The Morgan fingerprint density at radius 2 is 1.41 bits per heavy atom. The summed E-state index contributed by atoms with van der Waals surface area (Å²) in [7, 11) is 6.10. The third kappa shape index (κ3) is 6.60. The van der Waals surface area contributed by atoms with Crippen molar-refractivity contribution < 1.29 is 33.2 Å². The molecule has 1 unspecified atom stereocenters. The van der Waals surface area contributed by atoms with Crippen molar-refractivity contribution >= 4 is 19.4 Å². The minimum Gasteiger partial charge on any atom is -0.496 e.